The second-order valence-electron chi connectivity index (χ2n) is 7.36. The monoisotopic (exact) mass is 306 g/mol. The van der Waals surface area contributed by atoms with Gasteiger partial charge in [0.25, 0.3) is 0 Å². The first kappa shape index (κ1) is 15.0. The van der Waals surface area contributed by atoms with Crippen LogP contribution in [0, 0.1) is 17.3 Å². The molecule has 0 aliphatic heterocycles. The summed E-state index contributed by atoms with van der Waals surface area (Å²) in [5, 5.41) is 8.67. The topological polar surface area (TPSA) is 41.1 Å². The molecule has 1 amide bonds. The number of rotatable bonds is 5. The van der Waals surface area contributed by atoms with Gasteiger partial charge in [0, 0.05) is 17.0 Å². The van der Waals surface area contributed by atoms with Gasteiger partial charge in [0.1, 0.15) is 0 Å². The molecule has 3 atom stereocenters. The molecule has 2 saturated carbocycles. The lowest BCUT2D eigenvalue weighted by atomic mass is 9.64. The summed E-state index contributed by atoms with van der Waals surface area (Å²) in [5.41, 5.74) is 0.164. The van der Waals surface area contributed by atoms with Gasteiger partial charge >= 0.3 is 0 Å². The summed E-state index contributed by atoms with van der Waals surface area (Å²) in [6.45, 7) is 8.10. The van der Waals surface area contributed by atoms with Crippen LogP contribution in [-0.4, -0.2) is 18.0 Å². The fourth-order valence-electron chi connectivity index (χ4n) is 4.42. The molecule has 1 heterocycles. The summed E-state index contributed by atoms with van der Waals surface area (Å²) in [6, 6.07) is 4.14. The number of hydrogen-bond acceptors (Lipinski definition) is 3. The number of nitrogens with one attached hydrogen (secondary N) is 2. The first-order valence-corrected chi connectivity index (χ1v) is 8.85. The molecule has 3 nitrogen and oxygen atoms in total. The van der Waals surface area contributed by atoms with Gasteiger partial charge in [-0.05, 0) is 54.9 Å². The summed E-state index contributed by atoms with van der Waals surface area (Å²) >= 11 is 1.72. The van der Waals surface area contributed by atoms with Gasteiger partial charge in [-0.3, -0.25) is 4.79 Å². The average Bonchev–Trinajstić information content (AvgIpc) is 3.11. The van der Waals surface area contributed by atoms with Crippen LogP contribution in [-0.2, 0) is 11.3 Å². The Morgan fingerprint density at radius 3 is 2.71 bits per heavy atom. The molecule has 2 bridgehead atoms. The van der Waals surface area contributed by atoms with Crippen LogP contribution in [0.4, 0.5) is 0 Å². The van der Waals surface area contributed by atoms with E-state index in [-0.39, 0.29) is 16.9 Å². The molecule has 2 aliphatic rings. The van der Waals surface area contributed by atoms with Gasteiger partial charge in [0.05, 0.1) is 6.54 Å². The Labute approximate surface area is 131 Å². The zero-order valence-corrected chi connectivity index (χ0v) is 14.1. The van der Waals surface area contributed by atoms with Crippen molar-refractivity contribution < 1.29 is 4.79 Å². The van der Waals surface area contributed by atoms with E-state index in [1.807, 2.05) is 6.07 Å². The third kappa shape index (κ3) is 2.53. The molecule has 0 spiro atoms. The predicted octanol–water partition coefficient (Wildman–Crippen LogP) is 3.17. The standard InChI is InChI=1S/C17H26N2OS/c1-16(2)12-6-7-13(9-12)17(16,3)19-15(20)11-18-10-14-5-4-8-21-14/h4-5,8,12-13,18H,6-7,9-11H2,1-3H3,(H,19,20)/t12-,13+,17+/m0/s1. The SMILES string of the molecule is CC1(C)[C@H]2CC[C@H](C2)[C@@]1(C)NC(=O)CNCc1cccs1. The number of amides is 1. The van der Waals surface area contributed by atoms with E-state index in [0.29, 0.717) is 12.5 Å². The van der Waals surface area contributed by atoms with Gasteiger partial charge in [0.15, 0.2) is 0 Å². The maximum Gasteiger partial charge on any atom is 0.234 e. The number of fused-ring (bicyclic) bond motifs is 2. The van der Waals surface area contributed by atoms with Gasteiger partial charge < -0.3 is 10.6 Å². The van der Waals surface area contributed by atoms with E-state index in [1.165, 1.54) is 24.1 Å². The Kier molecular flexibility index (Phi) is 3.87. The van der Waals surface area contributed by atoms with Crippen molar-refractivity contribution in [3.05, 3.63) is 22.4 Å². The fourth-order valence-corrected chi connectivity index (χ4v) is 5.10. The molecular formula is C17H26N2OS. The number of carbonyl (C=O) groups excluding carboxylic acids is 1. The fraction of sp³-hybridized carbons (Fsp3) is 0.706. The van der Waals surface area contributed by atoms with Crippen molar-refractivity contribution in [1.82, 2.24) is 10.6 Å². The molecule has 0 saturated heterocycles. The molecule has 4 heteroatoms. The Morgan fingerprint density at radius 2 is 2.10 bits per heavy atom. The van der Waals surface area contributed by atoms with Crippen molar-refractivity contribution in [2.75, 3.05) is 6.54 Å². The van der Waals surface area contributed by atoms with E-state index in [0.717, 1.165) is 12.5 Å². The third-order valence-electron chi connectivity index (χ3n) is 6.17. The smallest absolute Gasteiger partial charge is 0.234 e. The molecule has 0 aromatic carbocycles. The third-order valence-corrected chi connectivity index (χ3v) is 7.05. The van der Waals surface area contributed by atoms with E-state index < -0.39 is 0 Å². The highest BCUT2D eigenvalue weighted by atomic mass is 32.1. The highest BCUT2D eigenvalue weighted by Crippen LogP contribution is 2.61. The van der Waals surface area contributed by atoms with Crippen molar-refractivity contribution in [2.45, 2.75) is 52.1 Å². The summed E-state index contributed by atoms with van der Waals surface area (Å²) in [6.07, 6.45) is 3.89. The summed E-state index contributed by atoms with van der Waals surface area (Å²) in [5.74, 6) is 1.56. The molecule has 21 heavy (non-hydrogen) atoms. The molecule has 2 aliphatic carbocycles. The quantitative estimate of drug-likeness (QED) is 0.877. The van der Waals surface area contributed by atoms with Crippen LogP contribution in [0.15, 0.2) is 17.5 Å². The lowest BCUT2D eigenvalue weighted by molar-refractivity contribution is -0.124. The van der Waals surface area contributed by atoms with E-state index in [9.17, 15) is 4.79 Å². The first-order valence-electron chi connectivity index (χ1n) is 7.97. The number of thiophene rings is 1. The van der Waals surface area contributed by atoms with Crippen molar-refractivity contribution in [3.8, 4) is 0 Å². The van der Waals surface area contributed by atoms with Crippen molar-refractivity contribution in [1.29, 1.82) is 0 Å². The summed E-state index contributed by atoms with van der Waals surface area (Å²) < 4.78 is 0. The molecule has 0 unspecified atom stereocenters. The van der Waals surface area contributed by atoms with Gasteiger partial charge in [-0.25, -0.2) is 0 Å². The van der Waals surface area contributed by atoms with Gasteiger partial charge in [-0.2, -0.15) is 0 Å². The van der Waals surface area contributed by atoms with E-state index in [4.69, 9.17) is 0 Å². The van der Waals surface area contributed by atoms with Crippen LogP contribution in [0.5, 0.6) is 0 Å². The largest absolute Gasteiger partial charge is 0.349 e. The Bertz CT molecular complexity index is 511. The minimum Gasteiger partial charge on any atom is -0.349 e. The Hall–Kier alpha value is -0.870. The van der Waals surface area contributed by atoms with Crippen LogP contribution in [0.1, 0.15) is 44.9 Å². The maximum atomic E-state index is 12.3. The highest BCUT2D eigenvalue weighted by Gasteiger charge is 2.60. The van der Waals surface area contributed by atoms with E-state index in [2.05, 4.69) is 42.9 Å². The second kappa shape index (κ2) is 5.40. The zero-order chi connectivity index (χ0) is 15.1. The van der Waals surface area contributed by atoms with Gasteiger partial charge in [-0.15, -0.1) is 11.3 Å². The van der Waals surface area contributed by atoms with Gasteiger partial charge in [-0.1, -0.05) is 19.9 Å². The molecule has 116 valence electrons. The van der Waals surface area contributed by atoms with Crippen LogP contribution in [0.25, 0.3) is 0 Å². The summed E-state index contributed by atoms with van der Waals surface area (Å²) in [7, 11) is 0. The molecule has 0 radical (unpaired) electrons. The second-order valence-corrected chi connectivity index (χ2v) is 8.39. The van der Waals surface area contributed by atoms with Crippen LogP contribution in [0.3, 0.4) is 0 Å². The molecule has 2 fully saturated rings. The zero-order valence-electron chi connectivity index (χ0n) is 13.2. The Balaban J connectivity index is 1.54. The molecule has 1 aromatic heterocycles. The van der Waals surface area contributed by atoms with E-state index >= 15 is 0 Å². The predicted molar refractivity (Wildman–Crippen MR) is 87.2 cm³/mol. The normalized spacial score (nSPS) is 33.3. The molecule has 3 rings (SSSR count). The van der Waals surface area contributed by atoms with Crippen LogP contribution >= 0.6 is 11.3 Å². The lowest BCUT2D eigenvalue weighted by Crippen LogP contribution is -2.60. The number of hydrogen-bond donors (Lipinski definition) is 2. The molecular weight excluding hydrogens is 280 g/mol. The van der Waals surface area contributed by atoms with Crippen molar-refractivity contribution in [2.24, 2.45) is 17.3 Å². The lowest BCUT2D eigenvalue weighted by Gasteiger charge is -2.48. The minimum atomic E-state index is -0.0440. The average molecular weight is 306 g/mol. The Morgan fingerprint density at radius 1 is 1.33 bits per heavy atom. The minimum absolute atomic E-state index is 0.0440. The highest BCUT2D eigenvalue weighted by molar-refractivity contribution is 7.09. The maximum absolute atomic E-state index is 12.3. The van der Waals surface area contributed by atoms with Crippen LogP contribution < -0.4 is 10.6 Å². The molecule has 2 N–H and O–H groups in total. The van der Waals surface area contributed by atoms with E-state index in [1.54, 1.807) is 11.3 Å². The van der Waals surface area contributed by atoms with Crippen LogP contribution in [0.2, 0.25) is 0 Å². The molecule has 1 aromatic rings. The summed E-state index contributed by atoms with van der Waals surface area (Å²) in [4.78, 5) is 13.6. The van der Waals surface area contributed by atoms with Crippen molar-refractivity contribution in [3.63, 3.8) is 0 Å². The van der Waals surface area contributed by atoms with Gasteiger partial charge in [0.2, 0.25) is 5.91 Å². The van der Waals surface area contributed by atoms with Crippen molar-refractivity contribution >= 4 is 17.2 Å². The first-order chi connectivity index (χ1) is 9.93. The number of carbonyl (C=O) groups is 1.